The van der Waals surface area contributed by atoms with Crippen molar-refractivity contribution in [3.63, 3.8) is 0 Å². The smallest absolute Gasteiger partial charge is 0.337 e. The molecule has 0 saturated carbocycles. The van der Waals surface area contributed by atoms with E-state index in [9.17, 15) is 9.59 Å². The van der Waals surface area contributed by atoms with Crippen LogP contribution in [0.5, 0.6) is 0 Å². The van der Waals surface area contributed by atoms with Crippen molar-refractivity contribution in [2.24, 2.45) is 0 Å². The molecule has 0 unspecified atom stereocenters. The van der Waals surface area contributed by atoms with Gasteiger partial charge in [-0.05, 0) is 18.2 Å². The minimum atomic E-state index is -0.428. The Hall–Kier alpha value is -2.08. The number of nitrogens with one attached hydrogen (secondary N) is 1. The Kier molecular flexibility index (Phi) is 3.47. The van der Waals surface area contributed by atoms with E-state index in [2.05, 4.69) is 9.72 Å². The van der Waals surface area contributed by atoms with Crippen molar-refractivity contribution in [1.29, 1.82) is 0 Å². The first kappa shape index (κ1) is 12.4. The van der Waals surface area contributed by atoms with E-state index in [0.29, 0.717) is 24.2 Å². The lowest BCUT2D eigenvalue weighted by atomic mass is 10.2. The molecule has 1 aromatic carbocycles. The van der Waals surface area contributed by atoms with E-state index in [-0.39, 0.29) is 5.69 Å². The molecule has 6 heteroatoms. The van der Waals surface area contributed by atoms with Crippen molar-refractivity contribution < 1.29 is 14.3 Å². The summed E-state index contributed by atoms with van der Waals surface area (Å²) < 4.78 is 11.1. The highest BCUT2D eigenvalue weighted by molar-refractivity contribution is 5.93. The van der Waals surface area contributed by atoms with Gasteiger partial charge in [0.25, 0.3) is 0 Å². The average Bonchev–Trinajstić information content (AvgIpc) is 2.70. The fourth-order valence-corrected chi connectivity index (χ4v) is 1.81. The van der Waals surface area contributed by atoms with Crippen molar-refractivity contribution in [2.75, 3.05) is 20.8 Å². The number of hydrogen-bond acceptors (Lipinski definition) is 4. The third-order valence-corrected chi connectivity index (χ3v) is 2.71. The number of nitrogens with zero attached hydrogens (tertiary/aromatic N) is 1. The summed E-state index contributed by atoms with van der Waals surface area (Å²) in [4.78, 5) is 25.8. The van der Waals surface area contributed by atoms with E-state index < -0.39 is 5.97 Å². The number of hydrogen-bond donors (Lipinski definition) is 1. The van der Waals surface area contributed by atoms with Crippen LogP contribution >= 0.6 is 0 Å². The second kappa shape index (κ2) is 5.05. The van der Waals surface area contributed by atoms with Crippen molar-refractivity contribution in [3.8, 4) is 0 Å². The molecule has 2 aromatic rings. The lowest BCUT2D eigenvalue weighted by Crippen LogP contribution is -2.18. The Morgan fingerprint density at radius 1 is 1.39 bits per heavy atom. The molecule has 0 aliphatic carbocycles. The van der Waals surface area contributed by atoms with Gasteiger partial charge in [0, 0.05) is 7.11 Å². The van der Waals surface area contributed by atoms with Gasteiger partial charge >= 0.3 is 11.7 Å². The van der Waals surface area contributed by atoms with Crippen LogP contribution in [0, 0.1) is 0 Å². The number of ether oxygens (including phenoxy) is 2. The lowest BCUT2D eigenvalue weighted by Gasteiger charge is -2.03. The number of rotatable bonds is 4. The number of esters is 1. The second-order valence-electron chi connectivity index (χ2n) is 3.80. The number of aromatic nitrogens is 2. The van der Waals surface area contributed by atoms with E-state index in [1.807, 2.05) is 0 Å². The molecule has 0 aliphatic heterocycles. The molecule has 96 valence electrons. The summed E-state index contributed by atoms with van der Waals surface area (Å²) in [6, 6.07) is 4.95. The van der Waals surface area contributed by atoms with E-state index in [4.69, 9.17) is 4.74 Å². The van der Waals surface area contributed by atoms with Crippen molar-refractivity contribution >= 4 is 17.0 Å². The maximum Gasteiger partial charge on any atom is 0.337 e. The molecule has 0 atom stereocenters. The lowest BCUT2D eigenvalue weighted by molar-refractivity contribution is 0.0601. The molecular formula is C12H14N2O4. The first-order valence-electron chi connectivity index (χ1n) is 5.47. The van der Waals surface area contributed by atoms with Crippen LogP contribution in [0.25, 0.3) is 11.0 Å². The molecule has 0 amide bonds. The molecule has 1 aromatic heterocycles. The molecule has 0 fully saturated rings. The Bertz CT molecular complexity index is 627. The van der Waals surface area contributed by atoms with Gasteiger partial charge in [-0.1, -0.05) is 0 Å². The molecule has 0 spiro atoms. The third kappa shape index (κ3) is 2.14. The average molecular weight is 250 g/mol. The van der Waals surface area contributed by atoms with Crippen LogP contribution in [-0.4, -0.2) is 36.3 Å². The van der Waals surface area contributed by atoms with Crippen LogP contribution in [0.4, 0.5) is 0 Å². The number of fused-ring (bicyclic) bond motifs is 1. The van der Waals surface area contributed by atoms with Gasteiger partial charge in [0.1, 0.15) is 0 Å². The van der Waals surface area contributed by atoms with Gasteiger partial charge in [-0.2, -0.15) is 0 Å². The normalized spacial score (nSPS) is 10.8. The highest BCUT2D eigenvalue weighted by Crippen LogP contribution is 2.13. The fourth-order valence-electron chi connectivity index (χ4n) is 1.81. The first-order chi connectivity index (χ1) is 8.67. The summed E-state index contributed by atoms with van der Waals surface area (Å²) >= 11 is 0. The maximum atomic E-state index is 11.7. The summed E-state index contributed by atoms with van der Waals surface area (Å²) in [6.45, 7) is 0.915. The van der Waals surface area contributed by atoms with Gasteiger partial charge in [0.05, 0.1) is 36.9 Å². The van der Waals surface area contributed by atoms with Gasteiger partial charge < -0.3 is 14.5 Å². The zero-order chi connectivity index (χ0) is 13.1. The van der Waals surface area contributed by atoms with Crippen molar-refractivity contribution in [3.05, 3.63) is 34.2 Å². The van der Waals surface area contributed by atoms with E-state index in [1.165, 1.54) is 7.11 Å². The molecule has 6 nitrogen and oxygen atoms in total. The summed E-state index contributed by atoms with van der Waals surface area (Å²) in [5.74, 6) is -0.428. The number of benzene rings is 1. The number of H-pyrrole nitrogens is 1. The number of aromatic amines is 1. The highest BCUT2D eigenvalue weighted by atomic mass is 16.5. The Morgan fingerprint density at radius 3 is 2.83 bits per heavy atom. The van der Waals surface area contributed by atoms with Gasteiger partial charge in [0.15, 0.2) is 0 Å². The molecule has 0 aliphatic rings. The molecule has 1 heterocycles. The summed E-state index contributed by atoms with van der Waals surface area (Å²) in [7, 11) is 2.90. The number of carbonyl (C=O) groups excluding carboxylic acids is 1. The third-order valence-electron chi connectivity index (χ3n) is 2.71. The molecule has 0 saturated heterocycles. The fraction of sp³-hybridized carbons (Fsp3) is 0.333. The van der Waals surface area contributed by atoms with Crippen LogP contribution in [0.3, 0.4) is 0 Å². The summed E-state index contributed by atoms with van der Waals surface area (Å²) in [5.41, 5.74) is 1.54. The quantitative estimate of drug-likeness (QED) is 0.813. The molecular weight excluding hydrogens is 236 g/mol. The van der Waals surface area contributed by atoms with Crippen LogP contribution in [0.1, 0.15) is 10.4 Å². The second-order valence-corrected chi connectivity index (χ2v) is 3.80. The SMILES string of the molecule is COCCn1c(=O)[nH]c2cc(C(=O)OC)ccc21. The number of methoxy groups -OCH3 is 2. The Morgan fingerprint density at radius 2 is 2.17 bits per heavy atom. The van der Waals surface area contributed by atoms with Crippen molar-refractivity contribution in [2.45, 2.75) is 6.54 Å². The van der Waals surface area contributed by atoms with Crippen LogP contribution in [-0.2, 0) is 16.0 Å². The van der Waals surface area contributed by atoms with Crippen LogP contribution < -0.4 is 5.69 Å². The van der Waals surface area contributed by atoms with E-state index in [1.54, 1.807) is 29.9 Å². The van der Waals surface area contributed by atoms with Crippen molar-refractivity contribution in [1.82, 2.24) is 9.55 Å². The van der Waals surface area contributed by atoms with Gasteiger partial charge in [-0.3, -0.25) is 4.57 Å². The molecule has 2 rings (SSSR count). The monoisotopic (exact) mass is 250 g/mol. The Balaban J connectivity index is 2.47. The minimum Gasteiger partial charge on any atom is -0.465 e. The summed E-state index contributed by atoms with van der Waals surface area (Å²) in [5, 5.41) is 0. The topological polar surface area (TPSA) is 73.3 Å². The van der Waals surface area contributed by atoms with Crippen LogP contribution in [0.15, 0.2) is 23.0 Å². The largest absolute Gasteiger partial charge is 0.465 e. The van der Waals surface area contributed by atoms with Gasteiger partial charge in [-0.15, -0.1) is 0 Å². The Labute approximate surface area is 103 Å². The summed E-state index contributed by atoms with van der Waals surface area (Å²) in [6.07, 6.45) is 0. The zero-order valence-electron chi connectivity index (χ0n) is 10.2. The molecule has 0 bridgehead atoms. The number of carbonyl (C=O) groups is 1. The predicted molar refractivity (Wildman–Crippen MR) is 65.8 cm³/mol. The van der Waals surface area contributed by atoms with E-state index >= 15 is 0 Å². The zero-order valence-corrected chi connectivity index (χ0v) is 10.2. The minimum absolute atomic E-state index is 0.218. The number of imidazole rings is 1. The maximum absolute atomic E-state index is 11.7. The van der Waals surface area contributed by atoms with E-state index in [0.717, 1.165) is 5.52 Å². The molecule has 0 radical (unpaired) electrons. The molecule has 18 heavy (non-hydrogen) atoms. The van der Waals surface area contributed by atoms with Gasteiger partial charge in [0.2, 0.25) is 0 Å². The highest BCUT2D eigenvalue weighted by Gasteiger charge is 2.10. The predicted octanol–water partition coefficient (Wildman–Crippen LogP) is 0.763. The molecule has 1 N–H and O–H groups in total. The standard InChI is InChI=1S/C12H14N2O4/c1-17-6-5-14-10-4-3-8(11(15)18-2)7-9(10)13-12(14)16/h3-4,7H,5-6H2,1-2H3,(H,13,16). The first-order valence-corrected chi connectivity index (χ1v) is 5.47. The van der Waals surface area contributed by atoms with Gasteiger partial charge in [-0.25, -0.2) is 9.59 Å². The van der Waals surface area contributed by atoms with Crippen LogP contribution in [0.2, 0.25) is 0 Å².